The van der Waals surface area contributed by atoms with Crippen LogP contribution in [0.2, 0.25) is 5.02 Å². The third-order valence-electron chi connectivity index (χ3n) is 4.23. The normalized spacial score (nSPS) is 30.8. The van der Waals surface area contributed by atoms with Crippen LogP contribution in [0.15, 0.2) is 12.3 Å². The minimum atomic E-state index is 0.143. The number of nitrogens with zero attached hydrogens (tertiary/aromatic N) is 1. The highest BCUT2D eigenvalue weighted by atomic mass is 35.5. The van der Waals surface area contributed by atoms with Gasteiger partial charge in [0, 0.05) is 12.1 Å². The maximum atomic E-state index is 12.4. The summed E-state index contributed by atoms with van der Waals surface area (Å²) in [4.78, 5) is 16.4. The second-order valence-corrected chi connectivity index (χ2v) is 5.67. The van der Waals surface area contributed by atoms with Crippen molar-refractivity contribution in [3.8, 4) is 0 Å². The molecule has 0 amide bonds. The summed E-state index contributed by atoms with van der Waals surface area (Å²) in [5, 5.41) is 0.478. The molecule has 2 bridgehead atoms. The molecule has 0 saturated heterocycles. The SMILES string of the molecule is Nc1ncc(Cl)cc1C(=O)C1CC2CCC1C2. The van der Waals surface area contributed by atoms with Crippen molar-refractivity contribution in [3.63, 3.8) is 0 Å². The molecule has 3 nitrogen and oxygen atoms in total. The Balaban J connectivity index is 1.89. The Hall–Kier alpha value is -1.09. The number of carbonyl (C=O) groups excluding carboxylic acids is 1. The van der Waals surface area contributed by atoms with Gasteiger partial charge in [0.05, 0.1) is 10.6 Å². The number of hydrogen-bond donors (Lipinski definition) is 1. The van der Waals surface area contributed by atoms with E-state index < -0.39 is 0 Å². The van der Waals surface area contributed by atoms with Gasteiger partial charge in [0.15, 0.2) is 5.78 Å². The zero-order valence-corrected chi connectivity index (χ0v) is 10.3. The topological polar surface area (TPSA) is 56.0 Å². The minimum absolute atomic E-state index is 0.143. The molecule has 17 heavy (non-hydrogen) atoms. The van der Waals surface area contributed by atoms with Gasteiger partial charge in [0.2, 0.25) is 0 Å². The van der Waals surface area contributed by atoms with Gasteiger partial charge < -0.3 is 5.73 Å². The van der Waals surface area contributed by atoms with E-state index in [-0.39, 0.29) is 11.7 Å². The highest BCUT2D eigenvalue weighted by molar-refractivity contribution is 6.31. The average molecular weight is 251 g/mol. The van der Waals surface area contributed by atoms with E-state index in [0.717, 1.165) is 12.3 Å². The van der Waals surface area contributed by atoms with Gasteiger partial charge in [0.1, 0.15) is 5.82 Å². The Morgan fingerprint density at radius 3 is 2.88 bits per heavy atom. The molecular formula is C13H15ClN2O. The van der Waals surface area contributed by atoms with Crippen LogP contribution in [0, 0.1) is 17.8 Å². The van der Waals surface area contributed by atoms with Crippen molar-refractivity contribution in [1.82, 2.24) is 4.98 Å². The second kappa shape index (κ2) is 3.98. The van der Waals surface area contributed by atoms with Crippen molar-refractivity contribution >= 4 is 23.2 Å². The fourth-order valence-corrected chi connectivity index (χ4v) is 3.57. The van der Waals surface area contributed by atoms with Crippen LogP contribution in [0.25, 0.3) is 0 Å². The number of aromatic nitrogens is 1. The second-order valence-electron chi connectivity index (χ2n) is 5.23. The number of ketones is 1. The van der Waals surface area contributed by atoms with Crippen molar-refractivity contribution in [2.45, 2.75) is 25.7 Å². The van der Waals surface area contributed by atoms with Crippen molar-refractivity contribution in [2.75, 3.05) is 5.73 Å². The number of nitrogen functional groups attached to an aromatic ring is 1. The number of anilines is 1. The van der Waals surface area contributed by atoms with Crippen LogP contribution in [0.4, 0.5) is 5.82 Å². The van der Waals surface area contributed by atoms with Gasteiger partial charge in [0.25, 0.3) is 0 Å². The van der Waals surface area contributed by atoms with Crippen molar-refractivity contribution in [2.24, 2.45) is 17.8 Å². The molecule has 0 aromatic carbocycles. The number of Topliss-reactive ketones (excluding diaryl/α,β-unsaturated/α-hetero) is 1. The monoisotopic (exact) mass is 250 g/mol. The first-order chi connectivity index (χ1) is 8.15. The summed E-state index contributed by atoms with van der Waals surface area (Å²) in [5.41, 5.74) is 6.27. The number of hydrogen-bond acceptors (Lipinski definition) is 3. The van der Waals surface area contributed by atoms with Crippen LogP contribution >= 0.6 is 11.6 Å². The lowest BCUT2D eigenvalue weighted by Crippen LogP contribution is -2.22. The minimum Gasteiger partial charge on any atom is -0.383 e. The molecule has 90 valence electrons. The largest absolute Gasteiger partial charge is 0.383 e. The van der Waals surface area contributed by atoms with Gasteiger partial charge in [-0.2, -0.15) is 0 Å². The van der Waals surface area contributed by atoms with E-state index in [9.17, 15) is 4.79 Å². The summed E-state index contributed by atoms with van der Waals surface area (Å²) in [6.45, 7) is 0. The number of rotatable bonds is 2. The summed E-state index contributed by atoms with van der Waals surface area (Å²) < 4.78 is 0. The molecule has 2 aliphatic carbocycles. The lowest BCUT2D eigenvalue weighted by molar-refractivity contribution is 0.0875. The maximum absolute atomic E-state index is 12.4. The molecule has 0 radical (unpaired) electrons. The molecular weight excluding hydrogens is 236 g/mol. The number of halogens is 1. The highest BCUT2D eigenvalue weighted by Crippen LogP contribution is 2.49. The maximum Gasteiger partial charge on any atom is 0.169 e. The number of carbonyl (C=O) groups is 1. The summed E-state index contributed by atoms with van der Waals surface area (Å²) >= 11 is 5.88. The Morgan fingerprint density at radius 2 is 2.24 bits per heavy atom. The van der Waals surface area contributed by atoms with E-state index in [1.165, 1.54) is 25.5 Å². The quantitative estimate of drug-likeness (QED) is 0.821. The van der Waals surface area contributed by atoms with Gasteiger partial charge in [-0.05, 0) is 37.2 Å². The van der Waals surface area contributed by atoms with Crippen LogP contribution < -0.4 is 5.73 Å². The highest BCUT2D eigenvalue weighted by Gasteiger charge is 2.43. The standard InChI is InChI=1S/C13H15ClN2O/c14-9-5-11(13(15)16-6-9)12(17)10-4-7-1-2-8(10)3-7/h5-8,10H,1-4H2,(H2,15,16). The molecule has 2 fully saturated rings. The number of nitrogens with two attached hydrogens (primary N) is 1. The fourth-order valence-electron chi connectivity index (χ4n) is 3.41. The summed E-state index contributed by atoms with van der Waals surface area (Å²) in [6.07, 6.45) is 6.20. The van der Waals surface area contributed by atoms with Gasteiger partial charge in [-0.25, -0.2) is 4.98 Å². The first-order valence-electron chi connectivity index (χ1n) is 6.10. The predicted octanol–water partition coefficient (Wildman–Crippen LogP) is 2.94. The van der Waals surface area contributed by atoms with Gasteiger partial charge in [-0.1, -0.05) is 18.0 Å². The number of fused-ring (bicyclic) bond motifs is 2. The summed E-state index contributed by atoms with van der Waals surface area (Å²) in [6, 6.07) is 1.65. The Kier molecular flexibility index (Phi) is 2.58. The lowest BCUT2D eigenvalue weighted by atomic mass is 9.83. The van der Waals surface area contributed by atoms with E-state index in [1.54, 1.807) is 6.07 Å². The molecule has 4 heteroatoms. The van der Waals surface area contributed by atoms with Crippen LogP contribution in [-0.4, -0.2) is 10.8 Å². The molecule has 1 aromatic rings. The van der Waals surface area contributed by atoms with Crippen molar-refractivity contribution in [1.29, 1.82) is 0 Å². The molecule has 3 unspecified atom stereocenters. The molecule has 2 saturated carbocycles. The first-order valence-corrected chi connectivity index (χ1v) is 6.48. The van der Waals surface area contributed by atoms with E-state index >= 15 is 0 Å². The zero-order valence-electron chi connectivity index (χ0n) is 9.53. The third-order valence-corrected chi connectivity index (χ3v) is 4.43. The van der Waals surface area contributed by atoms with E-state index in [4.69, 9.17) is 17.3 Å². The molecule has 3 atom stereocenters. The lowest BCUT2D eigenvalue weighted by Gasteiger charge is -2.20. The van der Waals surface area contributed by atoms with Crippen molar-refractivity contribution < 1.29 is 4.79 Å². The Morgan fingerprint density at radius 1 is 1.41 bits per heavy atom. The van der Waals surface area contributed by atoms with Crippen molar-refractivity contribution in [3.05, 3.63) is 22.8 Å². The zero-order chi connectivity index (χ0) is 12.0. The molecule has 1 heterocycles. The predicted molar refractivity (Wildman–Crippen MR) is 66.9 cm³/mol. The molecule has 2 N–H and O–H groups in total. The number of pyridine rings is 1. The molecule has 1 aromatic heterocycles. The Labute approximate surface area is 105 Å². The molecule has 2 aliphatic rings. The smallest absolute Gasteiger partial charge is 0.169 e. The average Bonchev–Trinajstić information content (AvgIpc) is 2.93. The summed E-state index contributed by atoms with van der Waals surface area (Å²) in [5.74, 6) is 1.91. The first kappa shape index (κ1) is 11.0. The molecule has 0 aliphatic heterocycles. The van der Waals surface area contributed by atoms with Gasteiger partial charge in [-0.3, -0.25) is 4.79 Å². The molecule has 0 spiro atoms. The van der Waals surface area contributed by atoms with E-state index in [0.29, 0.717) is 22.3 Å². The van der Waals surface area contributed by atoms with Crippen LogP contribution in [0.3, 0.4) is 0 Å². The molecule has 3 rings (SSSR count). The summed E-state index contributed by atoms with van der Waals surface area (Å²) in [7, 11) is 0. The van der Waals surface area contributed by atoms with E-state index in [1.807, 2.05) is 0 Å². The van der Waals surface area contributed by atoms with Crippen LogP contribution in [-0.2, 0) is 0 Å². The fraction of sp³-hybridized carbons (Fsp3) is 0.538. The van der Waals surface area contributed by atoms with Gasteiger partial charge >= 0.3 is 0 Å². The van der Waals surface area contributed by atoms with Crippen LogP contribution in [0.1, 0.15) is 36.0 Å². The van der Waals surface area contributed by atoms with E-state index in [2.05, 4.69) is 4.98 Å². The van der Waals surface area contributed by atoms with Crippen LogP contribution in [0.5, 0.6) is 0 Å². The third kappa shape index (κ3) is 1.82. The Bertz CT molecular complexity index is 474. The van der Waals surface area contributed by atoms with Gasteiger partial charge in [-0.15, -0.1) is 0 Å².